The van der Waals surface area contributed by atoms with Gasteiger partial charge < -0.3 is 19.7 Å². The van der Waals surface area contributed by atoms with Gasteiger partial charge in [0.25, 0.3) is 0 Å². The fourth-order valence-corrected chi connectivity index (χ4v) is 5.85. The van der Waals surface area contributed by atoms with Crippen LogP contribution in [0.2, 0.25) is 0 Å². The van der Waals surface area contributed by atoms with Gasteiger partial charge in [0.15, 0.2) is 0 Å². The molecule has 44 heavy (non-hydrogen) atoms. The molecule has 0 fully saturated rings. The van der Waals surface area contributed by atoms with E-state index in [1.807, 2.05) is 36.5 Å². The molecule has 0 spiro atoms. The molecule has 1 unspecified atom stereocenters. The van der Waals surface area contributed by atoms with Gasteiger partial charge in [0.2, 0.25) is 5.91 Å². The van der Waals surface area contributed by atoms with Gasteiger partial charge in [0.1, 0.15) is 35.4 Å². The van der Waals surface area contributed by atoms with Gasteiger partial charge >= 0.3 is 0 Å². The van der Waals surface area contributed by atoms with E-state index >= 15 is 4.39 Å². The van der Waals surface area contributed by atoms with Gasteiger partial charge in [-0.1, -0.05) is 6.58 Å². The molecule has 4 aromatic heterocycles. The fraction of sp³-hybridized carbons (Fsp3) is 0.250. The highest BCUT2D eigenvalue weighted by Crippen LogP contribution is 2.47. The first kappa shape index (κ1) is 30.9. The van der Waals surface area contributed by atoms with Crippen molar-refractivity contribution >= 4 is 27.3 Å². The van der Waals surface area contributed by atoms with Crippen LogP contribution < -0.4 is 10.1 Å². The number of fused-ring (bicyclic) bond motifs is 1. The highest BCUT2D eigenvalue weighted by atomic mass is 32.1. The summed E-state index contributed by atoms with van der Waals surface area (Å²) in [7, 11) is 5.47. The lowest BCUT2D eigenvalue weighted by Crippen LogP contribution is -2.24. The molecule has 228 valence electrons. The molecule has 12 heteroatoms. The lowest BCUT2D eigenvalue weighted by molar-refractivity contribution is -0.117. The van der Waals surface area contributed by atoms with Crippen molar-refractivity contribution in [2.24, 2.45) is 0 Å². The summed E-state index contributed by atoms with van der Waals surface area (Å²) < 4.78 is 42.0. The van der Waals surface area contributed by atoms with E-state index in [0.29, 0.717) is 39.6 Å². The Morgan fingerprint density at radius 1 is 1.16 bits per heavy atom. The van der Waals surface area contributed by atoms with Gasteiger partial charge in [0.05, 0.1) is 29.6 Å². The topological polar surface area (TPSA) is 105 Å². The number of methoxy groups -OCH3 is 1. The zero-order valence-electron chi connectivity index (χ0n) is 24.8. The predicted octanol–water partition coefficient (Wildman–Crippen LogP) is 6.14. The van der Waals surface area contributed by atoms with Gasteiger partial charge in [-0.05, 0) is 56.2 Å². The molecule has 4 heterocycles. The summed E-state index contributed by atoms with van der Waals surface area (Å²) in [4.78, 5) is 23.6. The number of pyridine rings is 2. The van der Waals surface area contributed by atoms with E-state index < -0.39 is 17.7 Å². The Balaban J connectivity index is 1.78. The number of nitrogens with one attached hydrogen (secondary N) is 2. The normalized spacial score (nSPS) is 12.1. The smallest absolute Gasteiger partial charge is 0.243 e. The summed E-state index contributed by atoms with van der Waals surface area (Å²) in [6, 6.07) is 7.24. The van der Waals surface area contributed by atoms with Crippen molar-refractivity contribution in [3.63, 3.8) is 0 Å². The lowest BCUT2D eigenvalue weighted by atomic mass is 9.96. The van der Waals surface area contributed by atoms with Crippen LogP contribution in [-0.4, -0.2) is 65.4 Å². The Morgan fingerprint density at radius 3 is 2.73 bits per heavy atom. The number of H-pyrrole nitrogens is 1. The molecule has 1 atom stereocenters. The van der Waals surface area contributed by atoms with Crippen molar-refractivity contribution < 1.29 is 23.0 Å². The second-order valence-electron chi connectivity index (χ2n) is 10.4. The molecule has 5 rings (SSSR count). The highest BCUT2D eigenvalue weighted by molar-refractivity contribution is 7.18. The quantitative estimate of drug-likeness (QED) is 0.128. The van der Waals surface area contributed by atoms with E-state index in [2.05, 4.69) is 27.1 Å². The molecule has 9 nitrogen and oxygen atoms in total. The van der Waals surface area contributed by atoms with Crippen LogP contribution in [0.15, 0.2) is 60.8 Å². The maximum Gasteiger partial charge on any atom is 0.243 e. The maximum absolute atomic E-state index is 15.9. The lowest BCUT2D eigenvalue weighted by Gasteiger charge is -2.17. The summed E-state index contributed by atoms with van der Waals surface area (Å²) in [6.45, 7) is 6.28. The van der Waals surface area contributed by atoms with Crippen molar-refractivity contribution in [1.29, 1.82) is 0 Å². The molecular formula is C32H32F2N6O3S. The Kier molecular flexibility index (Phi) is 9.43. The van der Waals surface area contributed by atoms with E-state index in [-0.39, 0.29) is 30.4 Å². The molecule has 2 N–H and O–H groups in total. The second kappa shape index (κ2) is 13.4. The number of carbonyl (C=O) groups is 1. The van der Waals surface area contributed by atoms with Gasteiger partial charge in [-0.2, -0.15) is 5.10 Å². The van der Waals surface area contributed by atoms with Gasteiger partial charge in [-0.15, -0.1) is 11.3 Å². The molecule has 0 saturated carbocycles. The molecule has 0 aliphatic heterocycles. The Labute approximate surface area is 257 Å². The standard InChI is InChI=1S/C32H32F2N6O3S/c1-6-27(41)36-18(2)24-14-25(39-38-24)31-29(28-23(34)12-21(33)13-26(28)43-9-8-42-5)32-22(7-10-44-32)30(37-31)20-11-19(15-35-16-20)17-40(3)4/h6-7,10-16,18H,1,8-9,17H2,2-5H3,(H,36,41)(H,38,39). The average Bonchev–Trinajstić information content (AvgIpc) is 3.67. The predicted molar refractivity (Wildman–Crippen MR) is 167 cm³/mol. The number of nitrogens with zero attached hydrogens (tertiary/aromatic N) is 4. The van der Waals surface area contributed by atoms with Gasteiger partial charge in [-0.3, -0.25) is 14.9 Å². The van der Waals surface area contributed by atoms with Crippen molar-refractivity contribution in [3.05, 3.63) is 83.7 Å². The number of benzene rings is 1. The van der Waals surface area contributed by atoms with Crippen molar-refractivity contribution in [2.45, 2.75) is 19.5 Å². The van der Waals surface area contributed by atoms with E-state index in [1.54, 1.807) is 25.4 Å². The number of aromatic nitrogens is 4. The van der Waals surface area contributed by atoms with Crippen LogP contribution in [0.5, 0.6) is 5.75 Å². The van der Waals surface area contributed by atoms with Crippen LogP contribution in [0.25, 0.3) is 43.9 Å². The summed E-state index contributed by atoms with van der Waals surface area (Å²) in [6.07, 6.45) is 4.73. The fourth-order valence-electron chi connectivity index (χ4n) is 4.90. The molecule has 1 amide bonds. The first-order chi connectivity index (χ1) is 21.2. The summed E-state index contributed by atoms with van der Waals surface area (Å²) in [5.41, 5.74) is 4.21. The number of hydrogen-bond acceptors (Lipinski definition) is 8. The molecule has 0 aliphatic carbocycles. The monoisotopic (exact) mass is 618 g/mol. The largest absolute Gasteiger partial charge is 0.490 e. The van der Waals surface area contributed by atoms with Crippen molar-refractivity contribution in [2.75, 3.05) is 34.4 Å². The first-order valence-electron chi connectivity index (χ1n) is 13.8. The number of aromatic amines is 1. The average molecular weight is 619 g/mol. The Bertz CT molecular complexity index is 1820. The van der Waals surface area contributed by atoms with Crippen LogP contribution in [0.1, 0.15) is 24.2 Å². The van der Waals surface area contributed by atoms with Crippen LogP contribution >= 0.6 is 11.3 Å². The maximum atomic E-state index is 15.9. The third-order valence-electron chi connectivity index (χ3n) is 6.84. The second-order valence-corrected chi connectivity index (χ2v) is 11.3. The summed E-state index contributed by atoms with van der Waals surface area (Å²) >= 11 is 1.40. The zero-order valence-corrected chi connectivity index (χ0v) is 25.6. The van der Waals surface area contributed by atoms with E-state index in [4.69, 9.17) is 14.5 Å². The third kappa shape index (κ3) is 6.52. The Hall–Kier alpha value is -4.52. The van der Waals surface area contributed by atoms with E-state index in [1.165, 1.54) is 24.5 Å². The molecule has 0 aliphatic rings. The molecule has 0 saturated heterocycles. The van der Waals surface area contributed by atoms with Crippen molar-refractivity contribution in [3.8, 4) is 39.5 Å². The first-order valence-corrected chi connectivity index (χ1v) is 14.7. The molecule has 0 radical (unpaired) electrons. The van der Waals surface area contributed by atoms with E-state index in [9.17, 15) is 9.18 Å². The molecular weight excluding hydrogens is 586 g/mol. The molecule has 0 bridgehead atoms. The van der Waals surface area contributed by atoms with Crippen LogP contribution in [0.3, 0.4) is 0 Å². The minimum atomic E-state index is -0.806. The number of ether oxygens (including phenoxy) is 2. The molecule has 1 aromatic carbocycles. The highest BCUT2D eigenvalue weighted by Gasteiger charge is 2.27. The Morgan fingerprint density at radius 2 is 1.98 bits per heavy atom. The zero-order chi connectivity index (χ0) is 31.4. The number of thiophene rings is 1. The van der Waals surface area contributed by atoms with E-state index in [0.717, 1.165) is 28.6 Å². The minimum absolute atomic E-state index is 0.0158. The van der Waals surface area contributed by atoms with Gasteiger partial charge in [0, 0.05) is 59.4 Å². The number of rotatable bonds is 12. The van der Waals surface area contributed by atoms with Crippen LogP contribution in [-0.2, 0) is 16.1 Å². The number of halogens is 2. The SMILES string of the molecule is C=CC(=O)NC(C)c1cc(-c2nc(-c3cncc(CN(C)C)c3)c3ccsc3c2-c2c(F)cc(F)cc2OCCOC)n[nH]1. The van der Waals surface area contributed by atoms with Crippen LogP contribution in [0.4, 0.5) is 8.78 Å². The minimum Gasteiger partial charge on any atom is -0.490 e. The number of carbonyl (C=O) groups excluding carboxylic acids is 1. The molecule has 5 aromatic rings. The van der Waals surface area contributed by atoms with Gasteiger partial charge in [-0.25, -0.2) is 13.8 Å². The van der Waals surface area contributed by atoms with Crippen LogP contribution in [0, 0.1) is 11.6 Å². The van der Waals surface area contributed by atoms with Crippen molar-refractivity contribution in [1.82, 2.24) is 30.4 Å². The summed E-state index contributed by atoms with van der Waals surface area (Å²) in [5.74, 6) is -1.90. The third-order valence-corrected chi connectivity index (χ3v) is 7.77. The number of hydrogen-bond donors (Lipinski definition) is 2. The summed E-state index contributed by atoms with van der Waals surface area (Å²) in [5, 5.41) is 13.0. The number of amides is 1.